The maximum absolute atomic E-state index is 2.33. The predicted molar refractivity (Wildman–Crippen MR) is 84.9 cm³/mol. The highest BCUT2D eigenvalue weighted by atomic mass is 15.4. The van der Waals surface area contributed by atoms with Crippen molar-refractivity contribution in [2.45, 2.75) is 83.7 Å². The van der Waals surface area contributed by atoms with Crippen molar-refractivity contribution in [3.05, 3.63) is 12.4 Å². The molecule has 0 atom stereocenters. The Bertz CT molecular complexity index is 225. The van der Waals surface area contributed by atoms with Gasteiger partial charge in [-0.1, -0.05) is 64.7 Å². The molecule has 112 valence electrons. The zero-order valence-corrected chi connectivity index (χ0v) is 13.4. The van der Waals surface area contributed by atoms with Crippen molar-refractivity contribution in [1.82, 2.24) is 9.80 Å². The summed E-state index contributed by atoms with van der Waals surface area (Å²) in [5.41, 5.74) is 0. The van der Waals surface area contributed by atoms with Crippen molar-refractivity contribution < 1.29 is 0 Å². The minimum atomic E-state index is 0.606. The smallest absolute Gasteiger partial charge is 0.100 e. The van der Waals surface area contributed by atoms with Crippen LogP contribution in [0.15, 0.2) is 12.4 Å². The van der Waals surface area contributed by atoms with Gasteiger partial charge in [0.25, 0.3) is 0 Å². The van der Waals surface area contributed by atoms with Gasteiger partial charge in [0.2, 0.25) is 0 Å². The summed E-state index contributed by atoms with van der Waals surface area (Å²) in [6, 6.07) is 0. The molecule has 0 spiro atoms. The maximum atomic E-state index is 2.33. The number of rotatable bonds is 11. The van der Waals surface area contributed by atoms with Gasteiger partial charge in [0.1, 0.15) is 6.17 Å². The molecule has 0 bridgehead atoms. The molecule has 1 rings (SSSR count). The normalized spacial score (nSPS) is 15.7. The highest BCUT2D eigenvalue weighted by Crippen LogP contribution is 2.18. The van der Waals surface area contributed by atoms with Gasteiger partial charge in [-0.05, 0) is 12.8 Å². The van der Waals surface area contributed by atoms with Crippen molar-refractivity contribution in [3.8, 4) is 0 Å². The summed E-state index contributed by atoms with van der Waals surface area (Å²) in [6.07, 6.45) is 20.5. The molecule has 19 heavy (non-hydrogen) atoms. The number of unbranched alkanes of at least 4 members (excludes halogenated alkanes) is 9. The van der Waals surface area contributed by atoms with Crippen molar-refractivity contribution in [3.63, 3.8) is 0 Å². The van der Waals surface area contributed by atoms with Gasteiger partial charge in [-0.25, -0.2) is 0 Å². The lowest BCUT2D eigenvalue weighted by atomic mass is 10.1. The molecule has 0 aliphatic carbocycles. The van der Waals surface area contributed by atoms with Gasteiger partial charge in [-0.2, -0.15) is 0 Å². The summed E-state index contributed by atoms with van der Waals surface area (Å²) < 4.78 is 0. The van der Waals surface area contributed by atoms with Crippen LogP contribution in [0.4, 0.5) is 0 Å². The van der Waals surface area contributed by atoms with E-state index in [1.54, 1.807) is 0 Å². The molecule has 0 aromatic carbocycles. The first-order chi connectivity index (χ1) is 9.25. The fourth-order valence-corrected chi connectivity index (χ4v) is 2.92. The summed E-state index contributed by atoms with van der Waals surface area (Å²) in [5, 5.41) is 0. The molecular weight excluding hydrogens is 232 g/mol. The topological polar surface area (TPSA) is 6.48 Å². The molecule has 0 radical (unpaired) electrons. The van der Waals surface area contributed by atoms with Crippen LogP contribution in [-0.2, 0) is 0 Å². The average Bonchev–Trinajstić information content (AvgIpc) is 2.72. The highest BCUT2D eigenvalue weighted by molar-refractivity contribution is 4.93. The van der Waals surface area contributed by atoms with Crippen molar-refractivity contribution in [1.29, 1.82) is 0 Å². The Morgan fingerprint density at radius 3 is 1.58 bits per heavy atom. The van der Waals surface area contributed by atoms with Gasteiger partial charge in [0.15, 0.2) is 0 Å². The molecule has 0 aromatic rings. The SMILES string of the molecule is CCCCCCCCCCCCC1N(C)C=CN1C. The Hall–Kier alpha value is -0.660. The van der Waals surface area contributed by atoms with Crippen LogP contribution in [0.2, 0.25) is 0 Å². The van der Waals surface area contributed by atoms with Gasteiger partial charge in [0, 0.05) is 26.5 Å². The van der Waals surface area contributed by atoms with Gasteiger partial charge in [-0.15, -0.1) is 0 Å². The predicted octanol–water partition coefficient (Wildman–Crippen LogP) is 4.97. The molecule has 2 nitrogen and oxygen atoms in total. The second-order valence-electron chi connectivity index (χ2n) is 6.08. The third-order valence-electron chi connectivity index (χ3n) is 4.29. The molecule has 1 heterocycles. The van der Waals surface area contributed by atoms with E-state index >= 15 is 0 Å². The third-order valence-corrected chi connectivity index (χ3v) is 4.29. The van der Waals surface area contributed by atoms with Crippen LogP contribution >= 0.6 is 0 Å². The van der Waals surface area contributed by atoms with Crippen LogP contribution in [0.1, 0.15) is 77.6 Å². The largest absolute Gasteiger partial charge is 0.359 e. The number of hydrogen-bond acceptors (Lipinski definition) is 2. The average molecular weight is 266 g/mol. The van der Waals surface area contributed by atoms with E-state index in [-0.39, 0.29) is 0 Å². The molecular formula is C17H34N2. The second-order valence-corrected chi connectivity index (χ2v) is 6.08. The molecule has 1 aliphatic heterocycles. The van der Waals surface area contributed by atoms with Crippen LogP contribution in [0, 0.1) is 0 Å². The Morgan fingerprint density at radius 2 is 1.11 bits per heavy atom. The molecule has 0 unspecified atom stereocenters. The lowest BCUT2D eigenvalue weighted by Gasteiger charge is -2.27. The van der Waals surface area contributed by atoms with Crippen LogP contribution in [0.5, 0.6) is 0 Å². The van der Waals surface area contributed by atoms with E-state index in [0.29, 0.717) is 6.17 Å². The van der Waals surface area contributed by atoms with E-state index < -0.39 is 0 Å². The zero-order valence-electron chi connectivity index (χ0n) is 13.4. The zero-order chi connectivity index (χ0) is 13.9. The van der Waals surface area contributed by atoms with Crippen LogP contribution in [0.3, 0.4) is 0 Å². The molecule has 0 saturated heterocycles. The summed E-state index contributed by atoms with van der Waals surface area (Å²) in [6.45, 7) is 2.29. The first kappa shape index (κ1) is 16.4. The Labute approximate surface area is 120 Å². The van der Waals surface area contributed by atoms with E-state index in [2.05, 4.69) is 43.2 Å². The molecule has 0 aromatic heterocycles. The van der Waals surface area contributed by atoms with Gasteiger partial charge in [-0.3, -0.25) is 0 Å². The van der Waals surface area contributed by atoms with E-state index in [1.807, 2.05) is 0 Å². The lowest BCUT2D eigenvalue weighted by molar-refractivity contribution is 0.188. The molecule has 0 saturated carbocycles. The van der Waals surface area contributed by atoms with Gasteiger partial charge >= 0.3 is 0 Å². The Morgan fingerprint density at radius 1 is 0.684 bits per heavy atom. The Kier molecular flexibility index (Phi) is 8.77. The third kappa shape index (κ3) is 6.89. The fourth-order valence-electron chi connectivity index (χ4n) is 2.92. The van der Waals surface area contributed by atoms with E-state index in [4.69, 9.17) is 0 Å². The Balaban J connectivity index is 1.84. The van der Waals surface area contributed by atoms with E-state index in [9.17, 15) is 0 Å². The molecule has 0 N–H and O–H groups in total. The van der Waals surface area contributed by atoms with Crippen LogP contribution in [-0.4, -0.2) is 30.1 Å². The van der Waals surface area contributed by atoms with Crippen molar-refractivity contribution in [2.24, 2.45) is 0 Å². The molecule has 0 fully saturated rings. The highest BCUT2D eigenvalue weighted by Gasteiger charge is 2.18. The summed E-state index contributed by atoms with van der Waals surface area (Å²) >= 11 is 0. The molecule has 2 heteroatoms. The van der Waals surface area contributed by atoms with Crippen LogP contribution in [0.25, 0.3) is 0 Å². The van der Waals surface area contributed by atoms with Crippen molar-refractivity contribution >= 4 is 0 Å². The summed E-state index contributed by atoms with van der Waals surface area (Å²) in [7, 11) is 4.36. The quantitative estimate of drug-likeness (QED) is 0.487. The first-order valence-corrected chi connectivity index (χ1v) is 8.38. The standard InChI is InChI=1S/C17H34N2/c1-4-5-6-7-8-9-10-11-12-13-14-17-18(2)15-16-19(17)3/h15-17H,4-14H2,1-3H3. The lowest BCUT2D eigenvalue weighted by Crippen LogP contribution is -2.33. The number of nitrogens with zero attached hydrogens (tertiary/aromatic N) is 2. The molecule has 0 amide bonds. The first-order valence-electron chi connectivity index (χ1n) is 8.38. The van der Waals surface area contributed by atoms with Gasteiger partial charge in [0.05, 0.1) is 0 Å². The van der Waals surface area contributed by atoms with Gasteiger partial charge < -0.3 is 9.80 Å². The second kappa shape index (κ2) is 10.2. The fraction of sp³-hybridized carbons (Fsp3) is 0.882. The monoisotopic (exact) mass is 266 g/mol. The molecule has 1 aliphatic rings. The minimum Gasteiger partial charge on any atom is -0.359 e. The maximum Gasteiger partial charge on any atom is 0.100 e. The van der Waals surface area contributed by atoms with Crippen molar-refractivity contribution in [2.75, 3.05) is 14.1 Å². The van der Waals surface area contributed by atoms with E-state index in [1.165, 1.54) is 70.6 Å². The summed E-state index contributed by atoms with van der Waals surface area (Å²) in [5.74, 6) is 0. The van der Waals surface area contributed by atoms with E-state index in [0.717, 1.165) is 0 Å². The van der Waals surface area contributed by atoms with Crippen LogP contribution < -0.4 is 0 Å². The number of hydrogen-bond donors (Lipinski definition) is 0. The minimum absolute atomic E-state index is 0.606. The summed E-state index contributed by atoms with van der Waals surface area (Å²) in [4.78, 5) is 4.65.